The highest BCUT2D eigenvalue weighted by molar-refractivity contribution is 9.10. The molecule has 0 fully saturated rings. The van der Waals surface area contributed by atoms with Gasteiger partial charge in [0.15, 0.2) is 0 Å². The third kappa shape index (κ3) is 4.23. The highest BCUT2D eigenvalue weighted by atomic mass is 79.9. The molecule has 15 heavy (non-hydrogen) atoms. The normalized spacial score (nSPS) is 12.8. The fraction of sp³-hybridized carbons (Fsp3) is 0.500. The molecule has 0 radical (unpaired) electrons. The van der Waals surface area contributed by atoms with Crippen LogP contribution in [0.3, 0.4) is 0 Å². The molecule has 0 aliphatic rings. The van der Waals surface area contributed by atoms with Gasteiger partial charge in [0.2, 0.25) is 0 Å². The van der Waals surface area contributed by atoms with Crippen LogP contribution in [0.1, 0.15) is 25.3 Å². The first kappa shape index (κ1) is 13.2. The Morgan fingerprint density at radius 3 is 2.67 bits per heavy atom. The van der Waals surface area contributed by atoms with Gasteiger partial charge < -0.3 is 0 Å². The van der Waals surface area contributed by atoms with Crippen molar-refractivity contribution in [1.29, 1.82) is 0 Å². The average Bonchev–Trinajstić information content (AvgIpc) is 2.21. The number of hydrogen-bond donors (Lipinski definition) is 0. The lowest BCUT2D eigenvalue weighted by molar-refractivity contribution is 0.513. The Kier molecular flexibility index (Phi) is 5.83. The minimum Gasteiger partial charge on any atom is -0.207 e. The largest absolute Gasteiger partial charge is 0.207 e. The fourth-order valence-corrected chi connectivity index (χ4v) is 2.53. The summed E-state index contributed by atoms with van der Waals surface area (Å²) >= 11 is 6.74. The van der Waals surface area contributed by atoms with Crippen molar-refractivity contribution in [2.45, 2.75) is 26.2 Å². The fourth-order valence-electron chi connectivity index (χ4n) is 1.64. The Bertz CT molecular complexity index is 312. The quantitative estimate of drug-likeness (QED) is 0.667. The topological polar surface area (TPSA) is 0 Å². The lowest BCUT2D eigenvalue weighted by Gasteiger charge is -2.13. The van der Waals surface area contributed by atoms with E-state index >= 15 is 0 Å². The van der Waals surface area contributed by atoms with Crippen LogP contribution >= 0.6 is 31.9 Å². The van der Waals surface area contributed by atoms with Crippen molar-refractivity contribution in [3.05, 3.63) is 34.1 Å². The molecular formula is C12H15Br2F. The van der Waals surface area contributed by atoms with Gasteiger partial charge in [-0.2, -0.15) is 0 Å². The van der Waals surface area contributed by atoms with E-state index in [1.807, 2.05) is 12.1 Å². The summed E-state index contributed by atoms with van der Waals surface area (Å²) in [5.41, 5.74) is 0.816. The molecule has 0 heterocycles. The average molecular weight is 338 g/mol. The predicted octanol–water partition coefficient (Wildman–Crippen LogP) is 4.94. The Morgan fingerprint density at radius 2 is 2.13 bits per heavy atom. The molecule has 3 heteroatoms. The van der Waals surface area contributed by atoms with Gasteiger partial charge in [-0.25, -0.2) is 4.39 Å². The van der Waals surface area contributed by atoms with Crippen molar-refractivity contribution in [3.63, 3.8) is 0 Å². The zero-order chi connectivity index (χ0) is 11.3. The molecule has 0 aliphatic carbocycles. The molecule has 0 bridgehead atoms. The summed E-state index contributed by atoms with van der Waals surface area (Å²) in [7, 11) is 0. The highest BCUT2D eigenvalue weighted by Crippen LogP contribution is 2.21. The smallest absolute Gasteiger partial charge is 0.127 e. The van der Waals surface area contributed by atoms with Gasteiger partial charge in [0, 0.05) is 9.80 Å². The summed E-state index contributed by atoms with van der Waals surface area (Å²) < 4.78 is 14.3. The van der Waals surface area contributed by atoms with Crippen LogP contribution in [0.5, 0.6) is 0 Å². The lowest BCUT2D eigenvalue weighted by atomic mass is 9.97. The molecule has 1 aromatic carbocycles. The summed E-state index contributed by atoms with van der Waals surface area (Å²) in [4.78, 5) is 0. The van der Waals surface area contributed by atoms with Crippen molar-refractivity contribution >= 4 is 31.9 Å². The first-order valence-corrected chi connectivity index (χ1v) is 7.08. The van der Waals surface area contributed by atoms with Gasteiger partial charge in [-0.15, -0.1) is 0 Å². The second kappa shape index (κ2) is 6.64. The van der Waals surface area contributed by atoms with Crippen LogP contribution in [0.15, 0.2) is 22.7 Å². The van der Waals surface area contributed by atoms with Gasteiger partial charge in [-0.05, 0) is 36.5 Å². The molecule has 1 unspecified atom stereocenters. The van der Waals surface area contributed by atoms with Crippen molar-refractivity contribution in [2.75, 3.05) is 5.33 Å². The van der Waals surface area contributed by atoms with Crippen LogP contribution < -0.4 is 0 Å². The molecule has 0 amide bonds. The molecule has 0 saturated carbocycles. The molecule has 1 atom stereocenters. The third-order valence-electron chi connectivity index (χ3n) is 2.44. The summed E-state index contributed by atoms with van der Waals surface area (Å²) in [5, 5.41) is 0.941. The van der Waals surface area contributed by atoms with Gasteiger partial charge in [0.1, 0.15) is 5.82 Å². The monoisotopic (exact) mass is 336 g/mol. The van der Waals surface area contributed by atoms with Gasteiger partial charge in [-0.3, -0.25) is 0 Å². The zero-order valence-corrected chi connectivity index (χ0v) is 11.9. The van der Waals surface area contributed by atoms with Gasteiger partial charge >= 0.3 is 0 Å². The Hall–Kier alpha value is 0.110. The van der Waals surface area contributed by atoms with E-state index in [9.17, 15) is 4.39 Å². The van der Waals surface area contributed by atoms with E-state index in [-0.39, 0.29) is 5.82 Å². The standard InChI is InChI=1S/C12H15Br2F/c1-2-3-9(8-13)6-10-4-5-11(14)7-12(10)15/h4-5,7,9H,2-3,6,8H2,1H3. The first-order chi connectivity index (χ1) is 7.17. The van der Waals surface area contributed by atoms with Crippen LogP contribution in [0.25, 0.3) is 0 Å². The van der Waals surface area contributed by atoms with Gasteiger partial charge in [0.05, 0.1) is 0 Å². The van der Waals surface area contributed by atoms with E-state index in [4.69, 9.17) is 0 Å². The third-order valence-corrected chi connectivity index (χ3v) is 3.85. The first-order valence-electron chi connectivity index (χ1n) is 5.17. The Balaban J connectivity index is 2.70. The number of rotatable bonds is 5. The summed E-state index contributed by atoms with van der Waals surface area (Å²) in [6.07, 6.45) is 3.10. The van der Waals surface area contributed by atoms with Crippen LogP contribution in [0.4, 0.5) is 4.39 Å². The molecule has 0 aliphatic heterocycles. The van der Waals surface area contributed by atoms with Crippen molar-refractivity contribution in [3.8, 4) is 0 Å². The summed E-state index contributed by atoms with van der Waals surface area (Å²) in [6, 6.07) is 5.30. The van der Waals surface area contributed by atoms with Crippen LogP contribution in [-0.4, -0.2) is 5.33 Å². The molecule has 1 rings (SSSR count). The van der Waals surface area contributed by atoms with Crippen molar-refractivity contribution in [1.82, 2.24) is 0 Å². The summed E-state index contributed by atoms with van der Waals surface area (Å²) in [6.45, 7) is 2.16. The Morgan fingerprint density at radius 1 is 1.40 bits per heavy atom. The molecular weight excluding hydrogens is 323 g/mol. The van der Waals surface area contributed by atoms with Crippen LogP contribution in [-0.2, 0) is 6.42 Å². The molecule has 0 spiro atoms. The van der Waals surface area contributed by atoms with Gasteiger partial charge in [0.25, 0.3) is 0 Å². The van der Waals surface area contributed by atoms with E-state index in [1.165, 1.54) is 6.07 Å². The maximum Gasteiger partial charge on any atom is 0.127 e. The minimum absolute atomic E-state index is 0.105. The van der Waals surface area contributed by atoms with E-state index in [1.54, 1.807) is 0 Å². The van der Waals surface area contributed by atoms with Crippen molar-refractivity contribution < 1.29 is 4.39 Å². The van der Waals surface area contributed by atoms with E-state index in [0.717, 1.165) is 34.6 Å². The molecule has 0 aromatic heterocycles. The lowest BCUT2D eigenvalue weighted by Crippen LogP contribution is -2.07. The number of hydrogen-bond acceptors (Lipinski definition) is 0. The molecule has 0 saturated heterocycles. The second-order valence-corrected chi connectivity index (χ2v) is 5.31. The van der Waals surface area contributed by atoms with Crippen molar-refractivity contribution in [2.24, 2.45) is 5.92 Å². The number of benzene rings is 1. The second-order valence-electron chi connectivity index (χ2n) is 3.75. The molecule has 84 valence electrons. The zero-order valence-electron chi connectivity index (χ0n) is 8.77. The van der Waals surface area contributed by atoms with E-state index in [2.05, 4.69) is 38.8 Å². The molecule has 0 N–H and O–H groups in total. The van der Waals surface area contributed by atoms with E-state index < -0.39 is 0 Å². The summed E-state index contributed by atoms with van der Waals surface area (Å²) in [5.74, 6) is 0.428. The Labute approximate surface area is 108 Å². The maximum absolute atomic E-state index is 13.5. The number of halogens is 3. The maximum atomic E-state index is 13.5. The predicted molar refractivity (Wildman–Crippen MR) is 70.0 cm³/mol. The van der Waals surface area contributed by atoms with Crippen LogP contribution in [0, 0.1) is 11.7 Å². The SMILES string of the molecule is CCCC(CBr)Cc1ccc(Br)cc1F. The minimum atomic E-state index is -0.105. The van der Waals surface area contributed by atoms with Gasteiger partial charge in [-0.1, -0.05) is 51.3 Å². The molecule has 1 aromatic rings. The highest BCUT2D eigenvalue weighted by Gasteiger charge is 2.10. The van der Waals surface area contributed by atoms with Crippen LogP contribution in [0.2, 0.25) is 0 Å². The number of alkyl halides is 1. The van der Waals surface area contributed by atoms with E-state index in [0.29, 0.717) is 5.92 Å². The molecule has 0 nitrogen and oxygen atoms in total.